The van der Waals surface area contributed by atoms with Crippen LogP contribution >= 0.6 is 11.3 Å². The fraction of sp³-hybridized carbons (Fsp3) is 0.353. The molecule has 1 fully saturated rings. The molecule has 1 aliphatic heterocycles. The normalized spacial score (nSPS) is 16.3. The van der Waals surface area contributed by atoms with Gasteiger partial charge in [-0.1, -0.05) is 12.1 Å². The molecule has 1 amide bonds. The highest BCUT2D eigenvalue weighted by molar-refractivity contribution is 7.08. The van der Waals surface area contributed by atoms with Crippen molar-refractivity contribution in [2.45, 2.75) is 13.0 Å². The monoisotopic (exact) mass is 316 g/mol. The van der Waals surface area contributed by atoms with Gasteiger partial charge in [0.15, 0.2) is 0 Å². The maximum absolute atomic E-state index is 12.4. The van der Waals surface area contributed by atoms with Crippen molar-refractivity contribution in [1.82, 2.24) is 4.90 Å². The first-order chi connectivity index (χ1) is 10.7. The molecule has 1 N–H and O–H groups in total. The predicted molar refractivity (Wildman–Crippen MR) is 90.2 cm³/mol. The molecule has 1 aliphatic rings. The van der Waals surface area contributed by atoms with E-state index in [0.29, 0.717) is 26.3 Å². The maximum atomic E-state index is 12.4. The van der Waals surface area contributed by atoms with Gasteiger partial charge < -0.3 is 15.0 Å². The fourth-order valence-electron chi connectivity index (χ4n) is 2.59. The van der Waals surface area contributed by atoms with E-state index in [4.69, 9.17) is 4.74 Å². The Hall–Kier alpha value is -1.85. The number of carbonyl (C=O) groups is 1. The summed E-state index contributed by atoms with van der Waals surface area (Å²) >= 11 is 1.68. The summed E-state index contributed by atoms with van der Waals surface area (Å²) in [6, 6.07) is 10.1. The van der Waals surface area contributed by atoms with Crippen molar-refractivity contribution in [1.29, 1.82) is 0 Å². The Morgan fingerprint density at radius 2 is 2.09 bits per heavy atom. The highest BCUT2D eigenvalue weighted by Gasteiger charge is 2.22. The molecule has 22 heavy (non-hydrogen) atoms. The number of benzene rings is 1. The zero-order chi connectivity index (χ0) is 15.4. The second-order valence-corrected chi connectivity index (χ2v) is 6.18. The minimum Gasteiger partial charge on any atom is -0.378 e. The van der Waals surface area contributed by atoms with E-state index < -0.39 is 0 Å². The van der Waals surface area contributed by atoms with E-state index in [9.17, 15) is 4.79 Å². The second-order valence-electron chi connectivity index (χ2n) is 5.40. The first-order valence-corrected chi connectivity index (χ1v) is 8.44. The van der Waals surface area contributed by atoms with Gasteiger partial charge in [0, 0.05) is 18.8 Å². The van der Waals surface area contributed by atoms with Gasteiger partial charge in [-0.05, 0) is 47.0 Å². The molecule has 3 rings (SSSR count). The Labute approximate surface area is 134 Å². The van der Waals surface area contributed by atoms with Crippen LogP contribution in [0.4, 0.5) is 5.69 Å². The highest BCUT2D eigenvalue weighted by Crippen LogP contribution is 2.25. The summed E-state index contributed by atoms with van der Waals surface area (Å²) in [6.45, 7) is 4.53. The van der Waals surface area contributed by atoms with E-state index in [2.05, 4.69) is 34.3 Å². The van der Waals surface area contributed by atoms with Crippen LogP contribution in [0.2, 0.25) is 0 Å². The first kappa shape index (κ1) is 15.1. The molecule has 5 heteroatoms. The number of nitrogens with one attached hydrogen (secondary N) is 1. The smallest absolute Gasteiger partial charge is 0.244 e. The summed E-state index contributed by atoms with van der Waals surface area (Å²) < 4.78 is 5.29. The van der Waals surface area contributed by atoms with Crippen LogP contribution in [0, 0.1) is 0 Å². The summed E-state index contributed by atoms with van der Waals surface area (Å²) in [7, 11) is 0. The highest BCUT2D eigenvalue weighted by atomic mass is 32.1. The van der Waals surface area contributed by atoms with Crippen molar-refractivity contribution >= 4 is 22.9 Å². The van der Waals surface area contributed by atoms with Crippen LogP contribution < -0.4 is 5.32 Å². The number of morpholine rings is 1. The number of ether oxygens (including phenoxy) is 1. The molecule has 0 spiro atoms. The number of amides is 1. The number of thiophene rings is 1. The Balaban J connectivity index is 1.67. The van der Waals surface area contributed by atoms with Gasteiger partial charge in [0.05, 0.1) is 13.2 Å². The molecule has 0 unspecified atom stereocenters. The third-order valence-corrected chi connectivity index (χ3v) is 4.48. The minimum atomic E-state index is -0.240. The van der Waals surface area contributed by atoms with Gasteiger partial charge >= 0.3 is 0 Å². The largest absolute Gasteiger partial charge is 0.378 e. The van der Waals surface area contributed by atoms with Crippen molar-refractivity contribution in [2.75, 3.05) is 31.6 Å². The molecule has 2 aromatic rings. The summed E-state index contributed by atoms with van der Waals surface area (Å²) in [6.07, 6.45) is 0. The standard InChI is InChI=1S/C17H20N2O2S/c1-13(17(20)19-6-8-21-9-7-19)18-16-4-2-3-14(11-16)15-5-10-22-12-15/h2-5,10-13,18H,6-9H2,1H3/t13-/m1/s1. The van der Waals surface area contributed by atoms with E-state index in [-0.39, 0.29) is 11.9 Å². The topological polar surface area (TPSA) is 41.6 Å². The van der Waals surface area contributed by atoms with E-state index in [0.717, 1.165) is 11.3 Å². The van der Waals surface area contributed by atoms with Crippen LogP contribution in [0.25, 0.3) is 11.1 Å². The second kappa shape index (κ2) is 6.94. The van der Waals surface area contributed by atoms with Crippen LogP contribution in [0.3, 0.4) is 0 Å². The molecule has 2 heterocycles. The lowest BCUT2D eigenvalue weighted by Gasteiger charge is -2.29. The molecule has 116 valence electrons. The van der Waals surface area contributed by atoms with Gasteiger partial charge in [-0.25, -0.2) is 0 Å². The van der Waals surface area contributed by atoms with Crippen molar-refractivity contribution in [3.05, 3.63) is 41.1 Å². The predicted octanol–water partition coefficient (Wildman–Crippen LogP) is 3.07. The van der Waals surface area contributed by atoms with Crippen LogP contribution in [0.1, 0.15) is 6.92 Å². The third kappa shape index (κ3) is 3.48. The quantitative estimate of drug-likeness (QED) is 0.942. The average molecular weight is 316 g/mol. The minimum absolute atomic E-state index is 0.129. The Morgan fingerprint density at radius 1 is 1.27 bits per heavy atom. The SMILES string of the molecule is C[C@@H](Nc1cccc(-c2ccsc2)c1)C(=O)N1CCOCC1. The summed E-state index contributed by atoms with van der Waals surface area (Å²) in [5.41, 5.74) is 3.34. The molecule has 0 saturated carbocycles. The number of nitrogens with zero attached hydrogens (tertiary/aromatic N) is 1. The van der Waals surface area contributed by atoms with Gasteiger partial charge in [-0.2, -0.15) is 11.3 Å². The van der Waals surface area contributed by atoms with Gasteiger partial charge in [0.1, 0.15) is 6.04 Å². The summed E-state index contributed by atoms with van der Waals surface area (Å²) in [5.74, 6) is 0.129. The zero-order valence-corrected chi connectivity index (χ0v) is 13.4. The molecule has 1 saturated heterocycles. The molecule has 1 atom stereocenters. The number of anilines is 1. The van der Waals surface area contributed by atoms with Crippen LogP contribution in [0.5, 0.6) is 0 Å². The average Bonchev–Trinajstić information content (AvgIpc) is 3.10. The van der Waals surface area contributed by atoms with Crippen LogP contribution in [-0.4, -0.2) is 43.2 Å². The lowest BCUT2D eigenvalue weighted by Crippen LogP contribution is -2.46. The lowest BCUT2D eigenvalue weighted by atomic mass is 10.1. The Kier molecular flexibility index (Phi) is 4.75. The van der Waals surface area contributed by atoms with E-state index >= 15 is 0 Å². The van der Waals surface area contributed by atoms with Crippen molar-refractivity contribution in [2.24, 2.45) is 0 Å². The number of rotatable bonds is 4. The van der Waals surface area contributed by atoms with Gasteiger partial charge in [0.25, 0.3) is 0 Å². The summed E-state index contributed by atoms with van der Waals surface area (Å²) in [4.78, 5) is 14.3. The van der Waals surface area contributed by atoms with Gasteiger partial charge in [-0.3, -0.25) is 4.79 Å². The van der Waals surface area contributed by atoms with Crippen molar-refractivity contribution < 1.29 is 9.53 Å². The fourth-order valence-corrected chi connectivity index (χ4v) is 3.25. The molecule has 0 bridgehead atoms. The number of hydrogen-bond donors (Lipinski definition) is 1. The zero-order valence-electron chi connectivity index (χ0n) is 12.6. The lowest BCUT2D eigenvalue weighted by molar-refractivity contribution is -0.135. The van der Waals surface area contributed by atoms with E-state index in [1.807, 2.05) is 24.0 Å². The van der Waals surface area contributed by atoms with Crippen LogP contribution in [-0.2, 0) is 9.53 Å². The molecule has 4 nitrogen and oxygen atoms in total. The van der Waals surface area contributed by atoms with E-state index in [1.165, 1.54) is 5.56 Å². The summed E-state index contributed by atoms with van der Waals surface area (Å²) in [5, 5.41) is 7.51. The Bertz CT molecular complexity index is 621. The first-order valence-electron chi connectivity index (χ1n) is 7.50. The molecular formula is C17H20N2O2S. The van der Waals surface area contributed by atoms with Crippen LogP contribution in [0.15, 0.2) is 41.1 Å². The van der Waals surface area contributed by atoms with Crippen molar-refractivity contribution in [3.63, 3.8) is 0 Å². The molecule has 0 aliphatic carbocycles. The van der Waals surface area contributed by atoms with Gasteiger partial charge in [-0.15, -0.1) is 0 Å². The van der Waals surface area contributed by atoms with Crippen molar-refractivity contribution in [3.8, 4) is 11.1 Å². The number of carbonyl (C=O) groups excluding carboxylic acids is 1. The number of hydrogen-bond acceptors (Lipinski definition) is 4. The molecule has 1 aromatic carbocycles. The third-order valence-electron chi connectivity index (χ3n) is 3.79. The molecule has 1 aromatic heterocycles. The maximum Gasteiger partial charge on any atom is 0.244 e. The van der Waals surface area contributed by atoms with Gasteiger partial charge in [0.2, 0.25) is 5.91 Å². The van der Waals surface area contributed by atoms with E-state index in [1.54, 1.807) is 11.3 Å². The molecular weight excluding hydrogens is 296 g/mol. The Morgan fingerprint density at radius 3 is 2.82 bits per heavy atom. The molecule has 0 radical (unpaired) electrons.